The minimum absolute atomic E-state index is 0.0213. The van der Waals surface area contributed by atoms with E-state index in [0.717, 1.165) is 0 Å². The number of nitrogens with two attached hydrogens (primary N) is 2. The minimum Gasteiger partial charge on any atom is -0.481 e. The van der Waals surface area contributed by atoms with Crippen molar-refractivity contribution >= 4 is 29.6 Å². The van der Waals surface area contributed by atoms with E-state index in [1.54, 1.807) is 0 Å². The monoisotopic (exact) mass is 278 g/mol. The van der Waals surface area contributed by atoms with Crippen LogP contribution in [0.15, 0.2) is 0 Å². The van der Waals surface area contributed by atoms with E-state index < -0.39 is 42.1 Å². The van der Waals surface area contributed by atoms with E-state index in [9.17, 15) is 24.0 Å². The number of ketones is 1. The highest BCUT2D eigenvalue weighted by Crippen LogP contribution is 1.92. The molecule has 0 aliphatic carbocycles. The van der Waals surface area contributed by atoms with Gasteiger partial charge < -0.3 is 26.8 Å². The molecule has 0 heterocycles. The molecule has 10 nitrogen and oxygen atoms in total. The number of carboxylic acid groups (broad SMARTS) is 3. The molecular formula is C9H14N2O8. The Hall–Kier alpha value is -2.49. The highest BCUT2D eigenvalue weighted by Gasteiger charge is 2.14. The van der Waals surface area contributed by atoms with Crippen LogP contribution in [0.2, 0.25) is 0 Å². The van der Waals surface area contributed by atoms with Crippen molar-refractivity contribution in [3.63, 3.8) is 0 Å². The van der Waals surface area contributed by atoms with Crippen LogP contribution >= 0.6 is 0 Å². The number of primary amides is 1. The van der Waals surface area contributed by atoms with Crippen molar-refractivity contribution in [2.45, 2.75) is 25.3 Å². The van der Waals surface area contributed by atoms with E-state index in [1.165, 1.54) is 0 Å². The average Bonchev–Trinajstić information content (AvgIpc) is 2.25. The number of Topliss-reactive ketones (excluding diaryl/α,β-unsaturated/α-hetero) is 1. The third kappa shape index (κ3) is 13.4. The van der Waals surface area contributed by atoms with Gasteiger partial charge in [0.05, 0.1) is 0 Å². The SMILES string of the molecule is NC(=O)CC[C@H](N)C(=O)O.O=C(O)CC(=O)C(=O)O. The summed E-state index contributed by atoms with van der Waals surface area (Å²) >= 11 is 0. The van der Waals surface area contributed by atoms with Gasteiger partial charge in [-0.25, -0.2) is 4.79 Å². The quantitative estimate of drug-likeness (QED) is 0.252. The standard InChI is InChI=1S/C5H10N2O3.C4H4O5/c6-3(5(9)10)1-2-4(7)8;5-2(4(8)9)1-3(6)7/h3H,1-2,6H2,(H2,7,8)(H,9,10);1H2,(H,6,7)(H,8,9)/t3-;/m0./s1. The molecule has 0 fully saturated rings. The molecule has 108 valence electrons. The minimum atomic E-state index is -1.71. The summed E-state index contributed by atoms with van der Waals surface area (Å²) in [5.74, 6) is -6.08. The molecule has 0 saturated heterocycles. The van der Waals surface area contributed by atoms with Gasteiger partial charge >= 0.3 is 17.9 Å². The van der Waals surface area contributed by atoms with E-state index in [4.69, 9.17) is 26.8 Å². The van der Waals surface area contributed by atoms with E-state index in [0.29, 0.717) is 0 Å². The second-order valence-corrected chi connectivity index (χ2v) is 3.25. The van der Waals surface area contributed by atoms with Crippen LogP contribution in [0, 0.1) is 0 Å². The first-order valence-corrected chi connectivity index (χ1v) is 4.82. The molecule has 7 N–H and O–H groups in total. The zero-order valence-electron chi connectivity index (χ0n) is 9.74. The Morgan fingerprint density at radius 1 is 1.00 bits per heavy atom. The summed E-state index contributed by atoms with van der Waals surface area (Å²) in [6.07, 6.45) is -0.826. The van der Waals surface area contributed by atoms with E-state index in [-0.39, 0.29) is 12.8 Å². The maximum absolute atomic E-state index is 10.1. The number of aliphatic carboxylic acids is 3. The molecule has 0 radical (unpaired) electrons. The second kappa shape index (κ2) is 9.53. The highest BCUT2D eigenvalue weighted by atomic mass is 16.4. The molecule has 10 heteroatoms. The molecule has 0 aromatic carbocycles. The van der Waals surface area contributed by atoms with Gasteiger partial charge in [-0.3, -0.25) is 19.2 Å². The fourth-order valence-electron chi connectivity index (χ4n) is 0.634. The molecular weight excluding hydrogens is 264 g/mol. The second-order valence-electron chi connectivity index (χ2n) is 3.25. The number of hydrogen-bond donors (Lipinski definition) is 5. The first-order valence-electron chi connectivity index (χ1n) is 4.82. The van der Waals surface area contributed by atoms with Crippen LogP contribution in [0.1, 0.15) is 19.3 Å². The van der Waals surface area contributed by atoms with Crippen molar-refractivity contribution in [2.24, 2.45) is 11.5 Å². The summed E-state index contributed by atoms with van der Waals surface area (Å²) in [4.78, 5) is 49.4. The van der Waals surface area contributed by atoms with Crippen LogP contribution in [0.25, 0.3) is 0 Å². The first kappa shape index (κ1) is 18.9. The molecule has 0 unspecified atom stereocenters. The maximum Gasteiger partial charge on any atom is 0.372 e. The molecule has 0 rings (SSSR count). The molecule has 0 aromatic heterocycles. The van der Waals surface area contributed by atoms with Crippen molar-refractivity contribution < 1.29 is 39.3 Å². The smallest absolute Gasteiger partial charge is 0.372 e. The Bertz CT molecular complexity index is 378. The number of carboxylic acids is 3. The largest absolute Gasteiger partial charge is 0.481 e. The summed E-state index contributed by atoms with van der Waals surface area (Å²) in [6, 6.07) is -0.979. The Balaban J connectivity index is 0. The first-order chi connectivity index (χ1) is 8.57. The van der Waals surface area contributed by atoms with Gasteiger partial charge in [-0.1, -0.05) is 0 Å². The molecule has 0 aromatic rings. The van der Waals surface area contributed by atoms with E-state index >= 15 is 0 Å². The van der Waals surface area contributed by atoms with Crippen molar-refractivity contribution in [3.05, 3.63) is 0 Å². The third-order valence-electron chi connectivity index (χ3n) is 1.57. The summed E-state index contributed by atoms with van der Waals surface area (Å²) in [6.45, 7) is 0. The Labute approximate surface area is 107 Å². The van der Waals surface area contributed by atoms with Gasteiger partial charge in [-0.15, -0.1) is 0 Å². The van der Waals surface area contributed by atoms with Gasteiger partial charge in [-0.2, -0.15) is 0 Å². The van der Waals surface area contributed by atoms with Crippen molar-refractivity contribution in [1.82, 2.24) is 0 Å². The Morgan fingerprint density at radius 2 is 1.47 bits per heavy atom. The van der Waals surface area contributed by atoms with Crippen molar-refractivity contribution in [2.75, 3.05) is 0 Å². The van der Waals surface area contributed by atoms with Crippen molar-refractivity contribution in [3.8, 4) is 0 Å². The lowest BCUT2D eigenvalue weighted by molar-refractivity contribution is -0.152. The summed E-state index contributed by atoms with van der Waals surface area (Å²) < 4.78 is 0. The molecule has 19 heavy (non-hydrogen) atoms. The predicted octanol–water partition coefficient (Wildman–Crippen LogP) is -2.22. The number of carbonyl (C=O) groups is 5. The Morgan fingerprint density at radius 3 is 1.68 bits per heavy atom. The maximum atomic E-state index is 10.1. The summed E-state index contributed by atoms with van der Waals surface area (Å²) in [5, 5.41) is 23.9. The molecule has 0 spiro atoms. The van der Waals surface area contributed by atoms with Crippen molar-refractivity contribution in [1.29, 1.82) is 0 Å². The molecule has 0 aliphatic heterocycles. The van der Waals surface area contributed by atoms with Crippen LogP contribution < -0.4 is 11.5 Å². The van der Waals surface area contributed by atoms with Gasteiger partial charge in [0.25, 0.3) is 5.78 Å². The lowest BCUT2D eigenvalue weighted by Gasteiger charge is -2.01. The summed E-state index contributed by atoms with van der Waals surface area (Å²) in [5.41, 5.74) is 9.81. The molecule has 0 saturated carbocycles. The average molecular weight is 278 g/mol. The highest BCUT2D eigenvalue weighted by molar-refractivity contribution is 6.35. The zero-order valence-corrected chi connectivity index (χ0v) is 9.74. The van der Waals surface area contributed by atoms with Crippen LogP contribution in [-0.2, 0) is 24.0 Å². The summed E-state index contributed by atoms with van der Waals surface area (Å²) in [7, 11) is 0. The number of amides is 1. The molecule has 1 atom stereocenters. The zero-order chi connectivity index (χ0) is 15.6. The number of carbonyl (C=O) groups excluding carboxylic acids is 2. The number of hydrogen-bond acceptors (Lipinski definition) is 6. The lowest BCUT2D eigenvalue weighted by Crippen LogP contribution is -2.31. The van der Waals surface area contributed by atoms with Crippen LogP contribution in [0.4, 0.5) is 0 Å². The molecule has 0 bridgehead atoms. The van der Waals surface area contributed by atoms with Crippen LogP contribution in [0.3, 0.4) is 0 Å². The fraction of sp³-hybridized carbons (Fsp3) is 0.444. The van der Waals surface area contributed by atoms with Gasteiger partial charge in [0.15, 0.2) is 0 Å². The van der Waals surface area contributed by atoms with Gasteiger partial charge in [0.1, 0.15) is 12.5 Å². The fourth-order valence-corrected chi connectivity index (χ4v) is 0.634. The van der Waals surface area contributed by atoms with Crippen LogP contribution in [-0.4, -0.2) is 51.0 Å². The Kier molecular flexibility index (Phi) is 9.46. The van der Waals surface area contributed by atoms with Gasteiger partial charge in [0.2, 0.25) is 5.91 Å². The predicted molar refractivity (Wildman–Crippen MR) is 58.9 cm³/mol. The van der Waals surface area contributed by atoms with Gasteiger partial charge in [0, 0.05) is 6.42 Å². The number of rotatable bonds is 7. The van der Waals surface area contributed by atoms with Crippen LogP contribution in [0.5, 0.6) is 0 Å². The normalized spacial score (nSPS) is 10.6. The van der Waals surface area contributed by atoms with Gasteiger partial charge in [-0.05, 0) is 6.42 Å². The van der Waals surface area contributed by atoms with E-state index in [1.807, 2.05) is 0 Å². The molecule has 1 amide bonds. The topological polar surface area (TPSA) is 198 Å². The lowest BCUT2D eigenvalue weighted by atomic mass is 10.2. The molecule has 0 aliphatic rings. The third-order valence-corrected chi connectivity index (χ3v) is 1.57. The van der Waals surface area contributed by atoms with E-state index in [2.05, 4.69) is 0 Å².